The number of amides is 1. The first-order valence-corrected chi connectivity index (χ1v) is 7.33. The highest BCUT2D eigenvalue weighted by Gasteiger charge is 2.42. The van der Waals surface area contributed by atoms with E-state index in [9.17, 15) is 14.9 Å². The number of rotatable bonds is 6. The van der Waals surface area contributed by atoms with Gasteiger partial charge in [-0.3, -0.25) is 14.9 Å². The van der Waals surface area contributed by atoms with Crippen LogP contribution in [0.25, 0.3) is 0 Å². The van der Waals surface area contributed by atoms with Gasteiger partial charge in [-0.2, -0.15) is 0 Å². The van der Waals surface area contributed by atoms with Gasteiger partial charge in [0.05, 0.1) is 16.7 Å². The maximum Gasteiger partial charge on any atom is 0.287 e. The van der Waals surface area contributed by atoms with Crippen LogP contribution in [0, 0.1) is 16.0 Å². The molecule has 21 heavy (non-hydrogen) atoms. The standard InChI is InChI=1S/C14H20N4O3/c1-14(8-15,9-2-3-9)16-13(19)12-6-11(18(20)21)7-17(12)10-4-5-10/h6-7,9-10H,2-5,8,15H2,1H3,(H,16,19). The van der Waals surface area contributed by atoms with Gasteiger partial charge >= 0.3 is 0 Å². The number of hydrogen-bond acceptors (Lipinski definition) is 4. The molecule has 7 heteroatoms. The lowest BCUT2D eigenvalue weighted by Gasteiger charge is -2.29. The first kappa shape index (κ1) is 14.1. The van der Waals surface area contributed by atoms with Crippen LogP contribution >= 0.6 is 0 Å². The van der Waals surface area contributed by atoms with Crippen molar-refractivity contribution in [2.24, 2.45) is 11.7 Å². The summed E-state index contributed by atoms with van der Waals surface area (Å²) in [6.45, 7) is 2.32. The molecule has 1 heterocycles. The smallest absolute Gasteiger partial charge is 0.287 e. The number of carbonyl (C=O) groups excluding carboxylic acids is 1. The highest BCUT2D eigenvalue weighted by molar-refractivity contribution is 5.94. The second kappa shape index (κ2) is 4.84. The Morgan fingerprint density at radius 1 is 1.52 bits per heavy atom. The van der Waals surface area contributed by atoms with Crippen LogP contribution in [0.2, 0.25) is 0 Å². The van der Waals surface area contributed by atoms with Crippen LogP contribution in [-0.4, -0.2) is 27.5 Å². The van der Waals surface area contributed by atoms with Crippen molar-refractivity contribution in [3.05, 3.63) is 28.1 Å². The quantitative estimate of drug-likeness (QED) is 0.613. The highest BCUT2D eigenvalue weighted by atomic mass is 16.6. The molecule has 1 unspecified atom stereocenters. The second-order valence-corrected chi connectivity index (χ2v) is 6.33. The maximum absolute atomic E-state index is 12.5. The molecule has 7 nitrogen and oxygen atoms in total. The average molecular weight is 292 g/mol. The summed E-state index contributed by atoms with van der Waals surface area (Å²) in [5.41, 5.74) is 5.71. The predicted octanol–water partition coefficient (Wildman–Crippen LogP) is 1.59. The van der Waals surface area contributed by atoms with Crippen LogP contribution in [0.3, 0.4) is 0 Å². The molecule has 2 saturated carbocycles. The van der Waals surface area contributed by atoms with Crippen LogP contribution in [-0.2, 0) is 0 Å². The van der Waals surface area contributed by atoms with Crippen molar-refractivity contribution in [2.75, 3.05) is 6.54 Å². The zero-order valence-corrected chi connectivity index (χ0v) is 12.0. The van der Waals surface area contributed by atoms with E-state index in [2.05, 4.69) is 5.32 Å². The van der Waals surface area contributed by atoms with Gasteiger partial charge in [-0.25, -0.2) is 0 Å². The zero-order chi connectivity index (χ0) is 15.2. The number of nitrogens with one attached hydrogen (secondary N) is 1. The molecule has 0 saturated heterocycles. The molecule has 2 aliphatic carbocycles. The van der Waals surface area contributed by atoms with Crippen molar-refractivity contribution in [3.8, 4) is 0 Å². The SMILES string of the molecule is CC(CN)(NC(=O)c1cc([N+](=O)[O-])cn1C1CC1)C1CC1. The van der Waals surface area contributed by atoms with Crippen molar-refractivity contribution in [1.29, 1.82) is 0 Å². The lowest BCUT2D eigenvalue weighted by atomic mass is 9.96. The van der Waals surface area contributed by atoms with Crippen LogP contribution < -0.4 is 11.1 Å². The third-order valence-electron chi connectivity index (χ3n) is 4.52. The molecule has 1 aromatic rings. The van der Waals surface area contributed by atoms with E-state index in [1.807, 2.05) is 6.92 Å². The first-order chi connectivity index (χ1) is 9.94. The lowest BCUT2D eigenvalue weighted by Crippen LogP contribution is -2.53. The van der Waals surface area contributed by atoms with E-state index in [1.165, 1.54) is 12.3 Å². The van der Waals surface area contributed by atoms with Crippen LogP contribution in [0.1, 0.15) is 49.1 Å². The minimum atomic E-state index is -0.460. The molecular formula is C14H20N4O3. The third-order valence-corrected chi connectivity index (χ3v) is 4.52. The Bertz CT molecular complexity index is 589. The average Bonchev–Trinajstić information content (AvgIpc) is 3.34. The van der Waals surface area contributed by atoms with Crippen LogP contribution in [0.5, 0.6) is 0 Å². The Labute approximate surface area is 122 Å². The molecule has 1 atom stereocenters. The van der Waals surface area contributed by atoms with Gasteiger partial charge in [0, 0.05) is 18.7 Å². The van der Waals surface area contributed by atoms with Gasteiger partial charge in [0.1, 0.15) is 5.69 Å². The molecule has 3 N–H and O–H groups in total. The first-order valence-electron chi connectivity index (χ1n) is 7.33. The molecule has 2 fully saturated rings. The van der Waals surface area contributed by atoms with Gasteiger partial charge in [0.2, 0.25) is 0 Å². The van der Waals surface area contributed by atoms with Crippen molar-refractivity contribution in [1.82, 2.24) is 9.88 Å². The number of nitrogens with two attached hydrogens (primary N) is 1. The Hall–Kier alpha value is -1.89. The summed E-state index contributed by atoms with van der Waals surface area (Å²) >= 11 is 0. The summed E-state index contributed by atoms with van der Waals surface area (Å²) in [5.74, 6) is 0.139. The van der Waals surface area contributed by atoms with Gasteiger partial charge in [-0.05, 0) is 38.5 Å². The van der Waals surface area contributed by atoms with E-state index in [4.69, 9.17) is 5.73 Å². The summed E-state index contributed by atoms with van der Waals surface area (Å²) < 4.78 is 1.73. The molecule has 0 aliphatic heterocycles. The molecule has 0 radical (unpaired) electrons. The maximum atomic E-state index is 12.5. The molecule has 0 bridgehead atoms. The monoisotopic (exact) mass is 292 g/mol. The number of carbonyl (C=O) groups is 1. The fourth-order valence-electron chi connectivity index (χ4n) is 2.77. The molecule has 1 amide bonds. The Balaban J connectivity index is 1.85. The minimum Gasteiger partial charge on any atom is -0.344 e. The fourth-order valence-corrected chi connectivity index (χ4v) is 2.77. The molecule has 3 rings (SSSR count). The van der Waals surface area contributed by atoms with E-state index >= 15 is 0 Å². The third kappa shape index (κ3) is 2.65. The van der Waals surface area contributed by atoms with Gasteiger partial charge in [0.25, 0.3) is 11.6 Å². The van der Waals surface area contributed by atoms with E-state index in [1.54, 1.807) is 4.57 Å². The summed E-state index contributed by atoms with van der Waals surface area (Å²) in [4.78, 5) is 23.0. The largest absolute Gasteiger partial charge is 0.344 e. The summed E-state index contributed by atoms with van der Waals surface area (Å²) in [5, 5.41) is 13.9. The topological polar surface area (TPSA) is 103 Å². The number of nitro groups is 1. The highest BCUT2D eigenvalue weighted by Crippen LogP contribution is 2.40. The Morgan fingerprint density at radius 2 is 2.19 bits per heavy atom. The molecular weight excluding hydrogens is 272 g/mol. The van der Waals surface area contributed by atoms with E-state index in [-0.39, 0.29) is 17.6 Å². The second-order valence-electron chi connectivity index (χ2n) is 6.33. The Kier molecular flexibility index (Phi) is 3.24. The van der Waals surface area contributed by atoms with E-state index in [0.29, 0.717) is 18.2 Å². The lowest BCUT2D eigenvalue weighted by molar-refractivity contribution is -0.384. The van der Waals surface area contributed by atoms with Gasteiger partial charge in [0.15, 0.2) is 0 Å². The predicted molar refractivity (Wildman–Crippen MR) is 77.0 cm³/mol. The molecule has 0 aromatic carbocycles. The molecule has 0 spiro atoms. The van der Waals surface area contributed by atoms with Gasteiger partial charge in [-0.15, -0.1) is 0 Å². The van der Waals surface area contributed by atoms with E-state index < -0.39 is 10.5 Å². The van der Waals surface area contributed by atoms with Crippen molar-refractivity contribution in [2.45, 2.75) is 44.2 Å². The van der Waals surface area contributed by atoms with Crippen molar-refractivity contribution in [3.63, 3.8) is 0 Å². The van der Waals surface area contributed by atoms with Crippen molar-refractivity contribution < 1.29 is 9.72 Å². The number of nitrogens with zero attached hydrogens (tertiary/aromatic N) is 2. The molecule has 1 aromatic heterocycles. The summed E-state index contributed by atoms with van der Waals surface area (Å²) in [6, 6.07) is 1.57. The van der Waals surface area contributed by atoms with Gasteiger partial charge < -0.3 is 15.6 Å². The fraction of sp³-hybridized carbons (Fsp3) is 0.643. The summed E-state index contributed by atoms with van der Waals surface area (Å²) in [6.07, 6.45) is 5.52. The number of hydrogen-bond donors (Lipinski definition) is 2. The molecule has 114 valence electrons. The van der Waals surface area contributed by atoms with Crippen LogP contribution in [0.4, 0.5) is 5.69 Å². The molecule has 2 aliphatic rings. The normalized spacial score (nSPS) is 20.9. The van der Waals surface area contributed by atoms with Gasteiger partial charge in [-0.1, -0.05) is 0 Å². The Morgan fingerprint density at radius 3 is 2.67 bits per heavy atom. The minimum absolute atomic E-state index is 0.0343. The number of aromatic nitrogens is 1. The zero-order valence-electron chi connectivity index (χ0n) is 12.0. The van der Waals surface area contributed by atoms with Crippen LogP contribution in [0.15, 0.2) is 12.3 Å². The van der Waals surface area contributed by atoms with E-state index in [0.717, 1.165) is 25.7 Å². The van der Waals surface area contributed by atoms with Crippen molar-refractivity contribution >= 4 is 11.6 Å². The summed E-state index contributed by atoms with van der Waals surface area (Å²) in [7, 11) is 0.